The number of rotatable bonds is 3. The second-order valence-electron chi connectivity index (χ2n) is 4.66. The van der Waals surface area contributed by atoms with E-state index in [1.165, 1.54) is 32.1 Å². The van der Waals surface area contributed by atoms with Gasteiger partial charge in [-0.15, -0.1) is 5.10 Å². The lowest BCUT2D eigenvalue weighted by Gasteiger charge is -2.13. The summed E-state index contributed by atoms with van der Waals surface area (Å²) in [5, 5.41) is 11.1. The van der Waals surface area contributed by atoms with E-state index >= 15 is 0 Å². The fourth-order valence-corrected chi connectivity index (χ4v) is 2.20. The van der Waals surface area contributed by atoms with E-state index in [2.05, 4.69) is 22.4 Å². The van der Waals surface area contributed by atoms with E-state index in [4.69, 9.17) is 10.2 Å². The summed E-state index contributed by atoms with van der Waals surface area (Å²) in [6, 6.07) is 0.982. The molecule has 5 nitrogen and oxygen atoms in total. The Labute approximate surface area is 95.8 Å². The molecule has 0 radical (unpaired) electrons. The van der Waals surface area contributed by atoms with Crippen LogP contribution in [0.5, 0.6) is 0 Å². The SMILES string of the molecule is CC1CCCC(Nc2nnc(CN)o2)CC1. The maximum Gasteiger partial charge on any atom is 0.315 e. The maximum absolute atomic E-state index is 5.42. The first kappa shape index (κ1) is 11.4. The van der Waals surface area contributed by atoms with Gasteiger partial charge in [-0.1, -0.05) is 24.9 Å². The third-order valence-corrected chi connectivity index (χ3v) is 3.23. The number of aromatic nitrogens is 2. The average molecular weight is 224 g/mol. The molecule has 0 saturated heterocycles. The van der Waals surface area contributed by atoms with Crippen LogP contribution in [-0.2, 0) is 6.54 Å². The van der Waals surface area contributed by atoms with Gasteiger partial charge in [0.2, 0.25) is 5.89 Å². The van der Waals surface area contributed by atoms with Crippen molar-refractivity contribution in [3.05, 3.63) is 5.89 Å². The minimum atomic E-state index is 0.302. The quantitative estimate of drug-likeness (QED) is 0.767. The Kier molecular flexibility index (Phi) is 3.77. The summed E-state index contributed by atoms with van der Waals surface area (Å²) in [5.41, 5.74) is 5.42. The molecule has 0 aromatic carbocycles. The first-order chi connectivity index (χ1) is 7.78. The molecule has 2 unspecified atom stereocenters. The molecule has 16 heavy (non-hydrogen) atoms. The molecule has 2 rings (SSSR count). The highest BCUT2D eigenvalue weighted by Crippen LogP contribution is 2.24. The number of nitrogens with one attached hydrogen (secondary N) is 1. The second kappa shape index (κ2) is 5.30. The molecule has 1 heterocycles. The lowest BCUT2D eigenvalue weighted by atomic mass is 10.0. The molecule has 0 spiro atoms. The van der Waals surface area contributed by atoms with Crippen molar-refractivity contribution in [3.63, 3.8) is 0 Å². The predicted molar refractivity (Wildman–Crippen MR) is 61.8 cm³/mol. The fraction of sp³-hybridized carbons (Fsp3) is 0.818. The van der Waals surface area contributed by atoms with Gasteiger partial charge in [-0.2, -0.15) is 0 Å². The molecule has 1 aliphatic carbocycles. The monoisotopic (exact) mass is 224 g/mol. The van der Waals surface area contributed by atoms with Crippen molar-refractivity contribution in [3.8, 4) is 0 Å². The topological polar surface area (TPSA) is 77.0 Å². The molecule has 1 saturated carbocycles. The van der Waals surface area contributed by atoms with Crippen LogP contribution in [0.2, 0.25) is 0 Å². The summed E-state index contributed by atoms with van der Waals surface area (Å²) in [5.74, 6) is 1.33. The molecule has 2 atom stereocenters. The van der Waals surface area contributed by atoms with E-state index in [1.807, 2.05) is 0 Å². The highest BCUT2D eigenvalue weighted by Gasteiger charge is 2.17. The molecule has 1 aromatic rings. The van der Waals surface area contributed by atoms with Gasteiger partial charge in [-0.05, 0) is 25.2 Å². The Morgan fingerprint density at radius 3 is 2.94 bits per heavy atom. The standard InChI is InChI=1S/C11H20N4O/c1-8-3-2-4-9(6-5-8)13-11-15-14-10(7-12)16-11/h8-9H,2-7,12H2,1H3,(H,13,15). The second-order valence-corrected chi connectivity index (χ2v) is 4.66. The van der Waals surface area contributed by atoms with Gasteiger partial charge in [-0.3, -0.25) is 0 Å². The molecule has 1 aliphatic rings. The normalized spacial score (nSPS) is 26.4. The third-order valence-electron chi connectivity index (χ3n) is 3.23. The Bertz CT molecular complexity index is 326. The van der Waals surface area contributed by atoms with Gasteiger partial charge < -0.3 is 15.5 Å². The van der Waals surface area contributed by atoms with Crippen molar-refractivity contribution in [2.24, 2.45) is 11.7 Å². The molecule has 5 heteroatoms. The van der Waals surface area contributed by atoms with Gasteiger partial charge in [0.15, 0.2) is 0 Å². The van der Waals surface area contributed by atoms with Crippen molar-refractivity contribution in [1.29, 1.82) is 0 Å². The summed E-state index contributed by atoms with van der Waals surface area (Å²) in [6.07, 6.45) is 6.24. The summed E-state index contributed by atoms with van der Waals surface area (Å²) < 4.78 is 5.34. The van der Waals surface area contributed by atoms with Crippen LogP contribution < -0.4 is 11.1 Å². The van der Waals surface area contributed by atoms with Crippen LogP contribution in [0.15, 0.2) is 4.42 Å². The lowest BCUT2D eigenvalue weighted by molar-refractivity contribution is 0.485. The zero-order chi connectivity index (χ0) is 11.4. The number of anilines is 1. The molecule has 1 aromatic heterocycles. The van der Waals surface area contributed by atoms with Gasteiger partial charge in [0.25, 0.3) is 0 Å². The minimum absolute atomic E-state index is 0.302. The van der Waals surface area contributed by atoms with Gasteiger partial charge in [0, 0.05) is 6.04 Å². The maximum atomic E-state index is 5.42. The third kappa shape index (κ3) is 2.95. The van der Waals surface area contributed by atoms with E-state index in [9.17, 15) is 0 Å². The number of nitrogens with zero attached hydrogens (tertiary/aromatic N) is 2. The fourth-order valence-electron chi connectivity index (χ4n) is 2.20. The van der Waals surface area contributed by atoms with Crippen molar-refractivity contribution in [2.45, 2.75) is 51.6 Å². The van der Waals surface area contributed by atoms with Crippen LogP contribution in [0.25, 0.3) is 0 Å². The van der Waals surface area contributed by atoms with E-state index in [0.717, 1.165) is 5.92 Å². The zero-order valence-corrected chi connectivity index (χ0v) is 9.78. The minimum Gasteiger partial charge on any atom is -0.407 e. The predicted octanol–water partition coefficient (Wildman–Crippen LogP) is 1.91. The van der Waals surface area contributed by atoms with Crippen molar-refractivity contribution in [2.75, 3.05) is 5.32 Å². The van der Waals surface area contributed by atoms with E-state index in [0.29, 0.717) is 24.5 Å². The Morgan fingerprint density at radius 2 is 2.19 bits per heavy atom. The summed E-state index contributed by atoms with van der Waals surface area (Å²) in [7, 11) is 0. The Morgan fingerprint density at radius 1 is 1.31 bits per heavy atom. The van der Waals surface area contributed by atoms with Crippen LogP contribution in [0, 0.1) is 5.92 Å². The van der Waals surface area contributed by atoms with Gasteiger partial charge in [0.05, 0.1) is 6.54 Å². The van der Waals surface area contributed by atoms with Crippen LogP contribution >= 0.6 is 0 Å². The Hall–Kier alpha value is -1.10. The first-order valence-corrected chi connectivity index (χ1v) is 6.07. The molecule has 0 amide bonds. The van der Waals surface area contributed by atoms with Gasteiger partial charge in [0.1, 0.15) is 0 Å². The zero-order valence-electron chi connectivity index (χ0n) is 9.78. The van der Waals surface area contributed by atoms with Crippen LogP contribution in [0.3, 0.4) is 0 Å². The van der Waals surface area contributed by atoms with Crippen LogP contribution in [0.1, 0.15) is 44.9 Å². The molecular weight excluding hydrogens is 204 g/mol. The van der Waals surface area contributed by atoms with Gasteiger partial charge >= 0.3 is 6.01 Å². The van der Waals surface area contributed by atoms with Crippen LogP contribution in [0.4, 0.5) is 6.01 Å². The molecule has 0 aliphatic heterocycles. The summed E-state index contributed by atoms with van der Waals surface area (Å²) in [6.45, 7) is 2.62. The van der Waals surface area contributed by atoms with Crippen molar-refractivity contribution >= 4 is 6.01 Å². The summed E-state index contributed by atoms with van der Waals surface area (Å²) in [4.78, 5) is 0. The average Bonchev–Trinajstić information content (AvgIpc) is 2.63. The molecule has 0 bridgehead atoms. The number of hydrogen-bond donors (Lipinski definition) is 2. The molecular formula is C11H20N4O. The van der Waals surface area contributed by atoms with E-state index in [-0.39, 0.29) is 0 Å². The van der Waals surface area contributed by atoms with Crippen LogP contribution in [-0.4, -0.2) is 16.2 Å². The first-order valence-electron chi connectivity index (χ1n) is 6.07. The lowest BCUT2D eigenvalue weighted by Crippen LogP contribution is -2.18. The highest BCUT2D eigenvalue weighted by atomic mass is 16.4. The molecule has 1 fully saturated rings. The van der Waals surface area contributed by atoms with E-state index < -0.39 is 0 Å². The number of hydrogen-bond acceptors (Lipinski definition) is 5. The molecule has 90 valence electrons. The Balaban J connectivity index is 1.88. The molecule has 3 N–H and O–H groups in total. The number of nitrogens with two attached hydrogens (primary N) is 1. The smallest absolute Gasteiger partial charge is 0.315 e. The van der Waals surface area contributed by atoms with Crippen molar-refractivity contribution < 1.29 is 4.42 Å². The largest absolute Gasteiger partial charge is 0.407 e. The summed E-state index contributed by atoms with van der Waals surface area (Å²) >= 11 is 0. The van der Waals surface area contributed by atoms with E-state index in [1.54, 1.807) is 0 Å². The van der Waals surface area contributed by atoms with Gasteiger partial charge in [-0.25, -0.2) is 0 Å². The highest BCUT2D eigenvalue weighted by molar-refractivity contribution is 5.19. The van der Waals surface area contributed by atoms with Crippen molar-refractivity contribution in [1.82, 2.24) is 10.2 Å².